The molecule has 0 aliphatic rings. The number of anilines is 1. The number of ether oxygens (including phenoxy) is 1. The van der Waals surface area contributed by atoms with Crippen LogP contribution in [-0.4, -0.2) is 37.3 Å². The molecule has 0 heterocycles. The van der Waals surface area contributed by atoms with E-state index in [-0.39, 0.29) is 11.7 Å². The molecule has 0 saturated carbocycles. The molecule has 0 saturated heterocycles. The summed E-state index contributed by atoms with van der Waals surface area (Å²) in [5, 5.41) is 9.59. The van der Waals surface area contributed by atoms with Crippen molar-refractivity contribution in [3.8, 4) is 5.75 Å². The first-order valence-electron chi connectivity index (χ1n) is 6.86. The maximum absolute atomic E-state index is 12.4. The van der Waals surface area contributed by atoms with E-state index in [9.17, 15) is 9.90 Å². The van der Waals surface area contributed by atoms with Crippen molar-refractivity contribution in [2.75, 3.05) is 25.2 Å². The highest BCUT2D eigenvalue weighted by Gasteiger charge is 2.22. The van der Waals surface area contributed by atoms with Crippen molar-refractivity contribution in [3.63, 3.8) is 0 Å². The Labute approximate surface area is 120 Å². The average Bonchev–Trinajstić information content (AvgIpc) is 2.43. The van der Waals surface area contributed by atoms with Crippen LogP contribution in [0.15, 0.2) is 18.2 Å². The first kappa shape index (κ1) is 16.5. The lowest BCUT2D eigenvalue weighted by Gasteiger charge is -2.26. The summed E-state index contributed by atoms with van der Waals surface area (Å²) in [6, 6.07) is 4.44. The Balaban J connectivity index is 2.84. The second-order valence-corrected chi connectivity index (χ2v) is 4.79. The van der Waals surface area contributed by atoms with Gasteiger partial charge in [-0.05, 0) is 38.3 Å². The van der Waals surface area contributed by atoms with Crippen LogP contribution in [0.25, 0.3) is 0 Å². The number of aryl methyl sites for hydroxylation is 1. The fourth-order valence-corrected chi connectivity index (χ4v) is 2.10. The number of hydrogen-bond donors (Lipinski definition) is 2. The number of phenolic OH excluding ortho intramolecular Hbond substituents is 1. The zero-order chi connectivity index (χ0) is 15.1. The number of likely N-dealkylation sites (N-methyl/N-ethyl adjacent to an activating group) is 1. The van der Waals surface area contributed by atoms with Gasteiger partial charge in [0.15, 0.2) is 0 Å². The van der Waals surface area contributed by atoms with Crippen molar-refractivity contribution in [2.24, 2.45) is 5.73 Å². The van der Waals surface area contributed by atoms with Gasteiger partial charge in [0.1, 0.15) is 5.75 Å². The zero-order valence-electron chi connectivity index (χ0n) is 12.4. The third-order valence-electron chi connectivity index (χ3n) is 3.25. The first-order valence-corrected chi connectivity index (χ1v) is 6.86. The van der Waals surface area contributed by atoms with Crippen LogP contribution >= 0.6 is 0 Å². The van der Waals surface area contributed by atoms with Gasteiger partial charge in [0, 0.05) is 26.3 Å². The number of hydrogen-bond acceptors (Lipinski definition) is 4. The number of carbonyl (C=O) groups excluding carboxylic acids is 1. The predicted octanol–water partition coefficient (Wildman–Crippen LogP) is 1.81. The van der Waals surface area contributed by atoms with Crippen molar-refractivity contribution in [2.45, 2.75) is 32.7 Å². The van der Waals surface area contributed by atoms with E-state index in [1.54, 1.807) is 30.2 Å². The quantitative estimate of drug-likeness (QED) is 0.747. The molecule has 5 heteroatoms. The van der Waals surface area contributed by atoms with Crippen LogP contribution in [0.1, 0.15) is 25.3 Å². The number of rotatable bonds is 7. The van der Waals surface area contributed by atoms with Crippen LogP contribution in [0.4, 0.5) is 5.69 Å². The number of amides is 1. The molecule has 0 fully saturated rings. The smallest absolute Gasteiger partial charge is 0.243 e. The molecule has 1 aromatic rings. The van der Waals surface area contributed by atoms with Gasteiger partial charge in [-0.3, -0.25) is 4.79 Å². The summed E-state index contributed by atoms with van der Waals surface area (Å²) in [6.07, 6.45) is 1.33. The number of benzene rings is 1. The summed E-state index contributed by atoms with van der Waals surface area (Å²) >= 11 is 0. The van der Waals surface area contributed by atoms with E-state index in [0.717, 1.165) is 12.0 Å². The number of nitrogens with two attached hydrogens (primary N) is 1. The number of methoxy groups -OCH3 is 1. The molecule has 0 aliphatic carbocycles. The van der Waals surface area contributed by atoms with Gasteiger partial charge in [-0.2, -0.15) is 0 Å². The van der Waals surface area contributed by atoms with Crippen molar-refractivity contribution in [1.29, 1.82) is 0 Å². The van der Waals surface area contributed by atoms with Gasteiger partial charge in [-0.15, -0.1) is 0 Å². The zero-order valence-corrected chi connectivity index (χ0v) is 12.4. The van der Waals surface area contributed by atoms with Crippen LogP contribution in [0.3, 0.4) is 0 Å². The Morgan fingerprint density at radius 3 is 2.80 bits per heavy atom. The van der Waals surface area contributed by atoms with Crippen LogP contribution in [0.2, 0.25) is 0 Å². The minimum absolute atomic E-state index is 0.127. The molecule has 20 heavy (non-hydrogen) atoms. The van der Waals surface area contributed by atoms with Gasteiger partial charge in [-0.25, -0.2) is 0 Å². The summed E-state index contributed by atoms with van der Waals surface area (Å²) in [7, 11) is 1.63. The summed E-state index contributed by atoms with van der Waals surface area (Å²) < 4.78 is 4.96. The highest BCUT2D eigenvalue weighted by atomic mass is 16.5. The molecule has 1 aromatic carbocycles. The Morgan fingerprint density at radius 1 is 1.50 bits per heavy atom. The largest absolute Gasteiger partial charge is 0.508 e. The topological polar surface area (TPSA) is 75.8 Å². The second-order valence-electron chi connectivity index (χ2n) is 4.79. The molecule has 0 aliphatic heterocycles. The van der Waals surface area contributed by atoms with Crippen molar-refractivity contribution < 1.29 is 14.6 Å². The summed E-state index contributed by atoms with van der Waals surface area (Å²) in [6.45, 7) is 4.91. The molecule has 0 bridgehead atoms. The lowest BCUT2D eigenvalue weighted by Crippen LogP contribution is -2.44. The van der Waals surface area contributed by atoms with E-state index in [0.29, 0.717) is 25.3 Å². The number of aromatic hydroxyl groups is 1. The van der Waals surface area contributed by atoms with Crippen LogP contribution < -0.4 is 10.6 Å². The maximum atomic E-state index is 12.4. The molecule has 1 rings (SSSR count). The molecule has 112 valence electrons. The van der Waals surface area contributed by atoms with E-state index in [4.69, 9.17) is 10.5 Å². The second kappa shape index (κ2) is 7.87. The third kappa shape index (κ3) is 4.21. The molecule has 0 radical (unpaired) electrons. The van der Waals surface area contributed by atoms with Gasteiger partial charge in [0.25, 0.3) is 0 Å². The van der Waals surface area contributed by atoms with Crippen molar-refractivity contribution in [3.05, 3.63) is 23.8 Å². The Morgan fingerprint density at radius 2 is 2.20 bits per heavy atom. The number of phenols is 1. The van der Waals surface area contributed by atoms with Crippen molar-refractivity contribution in [1.82, 2.24) is 0 Å². The molecule has 5 nitrogen and oxygen atoms in total. The summed E-state index contributed by atoms with van der Waals surface area (Å²) in [4.78, 5) is 14.0. The first-order chi connectivity index (χ1) is 9.51. The van der Waals surface area contributed by atoms with Crippen LogP contribution in [0.5, 0.6) is 5.75 Å². The lowest BCUT2D eigenvalue weighted by molar-refractivity contribution is -0.120. The number of carbonyl (C=O) groups is 1. The molecular weight excluding hydrogens is 256 g/mol. The molecule has 1 unspecified atom stereocenters. The minimum Gasteiger partial charge on any atom is -0.508 e. The molecular formula is C15H24N2O3. The molecule has 3 N–H and O–H groups in total. The van der Waals surface area contributed by atoms with E-state index in [2.05, 4.69) is 0 Å². The maximum Gasteiger partial charge on any atom is 0.243 e. The fraction of sp³-hybridized carbons (Fsp3) is 0.533. The highest BCUT2D eigenvalue weighted by Crippen LogP contribution is 2.25. The highest BCUT2D eigenvalue weighted by molar-refractivity contribution is 5.97. The van der Waals surface area contributed by atoms with E-state index in [1.165, 1.54) is 0 Å². The van der Waals surface area contributed by atoms with Gasteiger partial charge in [-0.1, -0.05) is 6.07 Å². The lowest BCUT2D eigenvalue weighted by atomic mass is 10.1. The third-order valence-corrected chi connectivity index (χ3v) is 3.25. The van der Waals surface area contributed by atoms with Crippen molar-refractivity contribution >= 4 is 11.6 Å². The monoisotopic (exact) mass is 280 g/mol. The molecule has 1 atom stereocenters. The van der Waals surface area contributed by atoms with E-state index < -0.39 is 6.04 Å². The molecule has 0 aromatic heterocycles. The van der Waals surface area contributed by atoms with Gasteiger partial charge in [0.2, 0.25) is 5.91 Å². The van der Waals surface area contributed by atoms with Gasteiger partial charge in [0.05, 0.1) is 11.7 Å². The van der Waals surface area contributed by atoms with Crippen LogP contribution in [0, 0.1) is 6.92 Å². The predicted molar refractivity (Wildman–Crippen MR) is 80.0 cm³/mol. The summed E-state index contributed by atoms with van der Waals surface area (Å²) in [5.41, 5.74) is 7.59. The van der Waals surface area contributed by atoms with Gasteiger partial charge >= 0.3 is 0 Å². The Bertz CT molecular complexity index is 449. The average molecular weight is 280 g/mol. The standard InChI is InChI=1S/C15H24N2O3/c1-4-17(14-10-12(18)8-7-11(14)2)15(19)13(16)6-5-9-20-3/h7-8,10,13,18H,4-6,9,16H2,1-3H3. The Hall–Kier alpha value is -1.59. The molecule has 1 amide bonds. The normalized spacial score (nSPS) is 12.2. The Kier molecular flexibility index (Phi) is 6.48. The van der Waals surface area contributed by atoms with E-state index in [1.807, 2.05) is 13.8 Å². The SMILES string of the molecule is CCN(C(=O)C(N)CCCOC)c1cc(O)ccc1C. The molecule has 0 spiro atoms. The van der Waals surface area contributed by atoms with E-state index >= 15 is 0 Å². The minimum atomic E-state index is -0.549. The van der Waals surface area contributed by atoms with Crippen LogP contribution in [-0.2, 0) is 9.53 Å². The number of nitrogens with zero attached hydrogens (tertiary/aromatic N) is 1. The fourth-order valence-electron chi connectivity index (χ4n) is 2.10. The van der Waals surface area contributed by atoms with Gasteiger partial charge < -0.3 is 20.5 Å². The summed E-state index contributed by atoms with van der Waals surface area (Å²) in [5.74, 6) is 0.0158.